The van der Waals surface area contributed by atoms with E-state index in [0.717, 1.165) is 6.26 Å². The molecule has 0 fully saturated rings. The molecule has 0 aliphatic heterocycles. The van der Waals surface area contributed by atoms with Gasteiger partial charge in [-0.15, -0.1) is 0 Å². The first-order valence-electron chi connectivity index (χ1n) is 8.73. The van der Waals surface area contributed by atoms with Crippen molar-refractivity contribution < 1.29 is 26.0 Å². The maximum Gasteiger partial charge on any atom is 0.394 e. The van der Waals surface area contributed by atoms with Crippen LogP contribution in [0.4, 0.5) is 17.6 Å². The quantitative estimate of drug-likeness (QED) is 0.376. The Morgan fingerprint density at radius 3 is 2.40 bits per heavy atom. The van der Waals surface area contributed by atoms with Crippen molar-refractivity contribution in [3.63, 3.8) is 0 Å². The molecule has 1 heterocycles. The lowest BCUT2D eigenvalue weighted by molar-refractivity contribution is -0.128. The third-order valence-corrected chi connectivity index (χ3v) is 5.97. The zero-order valence-corrected chi connectivity index (χ0v) is 18.0. The van der Waals surface area contributed by atoms with Crippen LogP contribution >= 0.6 is 15.9 Å². The molecule has 30 heavy (non-hydrogen) atoms. The second kappa shape index (κ2) is 8.47. The number of allylic oxidation sites excluding steroid dienone is 6. The van der Waals surface area contributed by atoms with Crippen LogP contribution in [0.1, 0.15) is 17.2 Å². The number of benzene rings is 1. The van der Waals surface area contributed by atoms with Crippen LogP contribution in [-0.2, 0) is 16.3 Å². The fraction of sp³-hybridized carbons (Fsp3) is 0.190. The molecule has 1 aromatic carbocycles. The normalized spacial score (nSPS) is 17.0. The lowest BCUT2D eigenvalue weighted by Crippen LogP contribution is -2.16. The van der Waals surface area contributed by atoms with Crippen LogP contribution in [0.3, 0.4) is 0 Å². The summed E-state index contributed by atoms with van der Waals surface area (Å²) in [6, 6.07) is 7.42. The largest absolute Gasteiger partial charge is 0.394 e. The molecule has 1 atom stereocenters. The van der Waals surface area contributed by atoms with Gasteiger partial charge in [0, 0.05) is 12.2 Å². The lowest BCUT2D eigenvalue weighted by atomic mass is 9.88. The average molecular weight is 502 g/mol. The first kappa shape index (κ1) is 22.4. The van der Waals surface area contributed by atoms with Gasteiger partial charge in [0.25, 0.3) is 0 Å². The standard InChI is InChI=1S/C21H16BrF4NO2S/c1-30(28,29)16-9-6-13(7-10-16)17-11-19(22)27-18(12-21(24,25)26)20(17)14-3-2-4-15(23)8-5-14/h2-11,14H,12H2,1H3. The topological polar surface area (TPSA) is 47.0 Å². The second-order valence-corrected chi connectivity index (χ2v) is 9.59. The SMILES string of the molecule is CS(=O)(=O)c1ccc(-c2cc(Br)nc(CC(F)(F)F)c2C2C=CC=C(F)C=C2)cc1. The first-order chi connectivity index (χ1) is 13.9. The van der Waals surface area contributed by atoms with Gasteiger partial charge in [0.1, 0.15) is 10.4 Å². The number of hydrogen-bond acceptors (Lipinski definition) is 3. The summed E-state index contributed by atoms with van der Waals surface area (Å²) in [5, 5.41) is 0. The summed E-state index contributed by atoms with van der Waals surface area (Å²) in [5.74, 6) is -1.17. The molecular formula is C21H16BrF4NO2S. The van der Waals surface area contributed by atoms with Crippen LogP contribution in [0.25, 0.3) is 11.1 Å². The molecule has 2 aromatic rings. The monoisotopic (exact) mass is 501 g/mol. The number of pyridine rings is 1. The predicted octanol–water partition coefficient (Wildman–Crippen LogP) is 6.08. The summed E-state index contributed by atoms with van der Waals surface area (Å²) in [6.07, 6.45) is 2.21. The van der Waals surface area contributed by atoms with Crippen molar-refractivity contribution in [1.29, 1.82) is 0 Å². The van der Waals surface area contributed by atoms with Gasteiger partial charge < -0.3 is 0 Å². The van der Waals surface area contributed by atoms with Gasteiger partial charge in [0.15, 0.2) is 9.84 Å². The summed E-state index contributed by atoms with van der Waals surface area (Å²) in [7, 11) is -3.42. The number of sulfone groups is 1. The molecule has 9 heteroatoms. The van der Waals surface area contributed by atoms with E-state index in [1.807, 2.05) is 0 Å². The minimum atomic E-state index is -4.50. The van der Waals surface area contributed by atoms with Gasteiger partial charge in [0.05, 0.1) is 17.0 Å². The van der Waals surface area contributed by atoms with Crippen LogP contribution in [0, 0.1) is 0 Å². The van der Waals surface area contributed by atoms with E-state index in [2.05, 4.69) is 20.9 Å². The van der Waals surface area contributed by atoms with Gasteiger partial charge in [-0.05, 0) is 63.0 Å². The van der Waals surface area contributed by atoms with E-state index < -0.39 is 34.2 Å². The Morgan fingerprint density at radius 2 is 1.80 bits per heavy atom. The average Bonchev–Trinajstić information content (AvgIpc) is 2.84. The molecule has 0 spiro atoms. The maximum absolute atomic E-state index is 13.6. The van der Waals surface area contributed by atoms with E-state index in [4.69, 9.17) is 0 Å². The number of halogens is 5. The second-order valence-electron chi connectivity index (χ2n) is 6.76. The summed E-state index contributed by atoms with van der Waals surface area (Å²) in [4.78, 5) is 4.14. The highest BCUT2D eigenvalue weighted by Crippen LogP contribution is 2.38. The predicted molar refractivity (Wildman–Crippen MR) is 110 cm³/mol. The van der Waals surface area contributed by atoms with Gasteiger partial charge in [0.2, 0.25) is 0 Å². The van der Waals surface area contributed by atoms with Crippen LogP contribution in [0.15, 0.2) is 76.0 Å². The number of hydrogen-bond donors (Lipinski definition) is 0. The van der Waals surface area contributed by atoms with E-state index in [1.165, 1.54) is 48.6 Å². The van der Waals surface area contributed by atoms with Crippen molar-refractivity contribution in [1.82, 2.24) is 4.98 Å². The number of aromatic nitrogens is 1. The highest BCUT2D eigenvalue weighted by molar-refractivity contribution is 9.10. The van der Waals surface area contributed by atoms with Crippen molar-refractivity contribution >= 4 is 25.8 Å². The molecule has 3 rings (SSSR count). The molecule has 0 amide bonds. The Morgan fingerprint density at radius 1 is 1.13 bits per heavy atom. The highest BCUT2D eigenvalue weighted by atomic mass is 79.9. The van der Waals surface area contributed by atoms with Gasteiger partial charge in [-0.1, -0.05) is 30.4 Å². The minimum absolute atomic E-state index is 0.0944. The van der Waals surface area contributed by atoms with E-state index in [-0.39, 0.29) is 20.8 Å². The molecule has 0 N–H and O–H groups in total. The Balaban J connectivity index is 2.22. The fourth-order valence-electron chi connectivity index (χ4n) is 3.17. The van der Waals surface area contributed by atoms with Crippen LogP contribution in [0.5, 0.6) is 0 Å². The Kier molecular flexibility index (Phi) is 6.33. The van der Waals surface area contributed by atoms with E-state index in [0.29, 0.717) is 11.1 Å². The molecule has 3 nitrogen and oxygen atoms in total. The maximum atomic E-state index is 13.6. The fourth-order valence-corrected chi connectivity index (χ4v) is 4.24. The van der Waals surface area contributed by atoms with Gasteiger partial charge >= 0.3 is 6.18 Å². The Bertz CT molecular complexity index is 1150. The Hall–Kier alpha value is -2.26. The van der Waals surface area contributed by atoms with Crippen LogP contribution < -0.4 is 0 Å². The summed E-state index contributed by atoms with van der Waals surface area (Å²) in [5.41, 5.74) is 1.04. The van der Waals surface area contributed by atoms with Gasteiger partial charge in [-0.2, -0.15) is 13.2 Å². The zero-order valence-electron chi connectivity index (χ0n) is 15.6. The van der Waals surface area contributed by atoms with Crippen molar-refractivity contribution in [2.45, 2.75) is 23.4 Å². The Labute approximate surface area is 179 Å². The smallest absolute Gasteiger partial charge is 0.245 e. The van der Waals surface area contributed by atoms with Crippen molar-refractivity contribution in [2.24, 2.45) is 0 Å². The number of alkyl halides is 3. The molecule has 1 unspecified atom stereocenters. The van der Waals surface area contributed by atoms with Crippen LogP contribution in [-0.4, -0.2) is 25.8 Å². The molecule has 0 saturated heterocycles. The highest BCUT2D eigenvalue weighted by Gasteiger charge is 2.32. The summed E-state index contributed by atoms with van der Waals surface area (Å²) >= 11 is 3.17. The molecule has 1 aliphatic rings. The van der Waals surface area contributed by atoms with Crippen molar-refractivity contribution in [3.05, 3.63) is 82.4 Å². The van der Waals surface area contributed by atoms with Gasteiger partial charge in [-0.3, -0.25) is 0 Å². The van der Waals surface area contributed by atoms with Crippen LogP contribution in [0.2, 0.25) is 0 Å². The van der Waals surface area contributed by atoms with E-state index in [1.54, 1.807) is 12.1 Å². The number of rotatable bonds is 4. The summed E-state index contributed by atoms with van der Waals surface area (Å²) in [6.45, 7) is 0. The lowest BCUT2D eigenvalue weighted by Gasteiger charge is -2.20. The molecule has 0 saturated carbocycles. The molecule has 0 bridgehead atoms. The number of nitrogens with zero attached hydrogens (tertiary/aromatic N) is 1. The molecule has 1 aromatic heterocycles. The zero-order chi connectivity index (χ0) is 22.1. The third kappa shape index (κ3) is 5.46. The van der Waals surface area contributed by atoms with E-state index in [9.17, 15) is 26.0 Å². The molecule has 0 radical (unpaired) electrons. The van der Waals surface area contributed by atoms with Gasteiger partial charge in [-0.25, -0.2) is 17.8 Å². The van der Waals surface area contributed by atoms with E-state index >= 15 is 0 Å². The first-order valence-corrected chi connectivity index (χ1v) is 11.4. The molecule has 1 aliphatic carbocycles. The minimum Gasteiger partial charge on any atom is -0.245 e. The molecular weight excluding hydrogens is 486 g/mol. The third-order valence-electron chi connectivity index (χ3n) is 4.44. The molecule has 158 valence electrons. The van der Waals surface area contributed by atoms with Crippen molar-refractivity contribution in [2.75, 3.05) is 6.26 Å². The summed E-state index contributed by atoms with van der Waals surface area (Å²) < 4.78 is 77.0. The van der Waals surface area contributed by atoms with Crippen molar-refractivity contribution in [3.8, 4) is 11.1 Å².